The maximum absolute atomic E-state index is 9.66. The van der Waals surface area contributed by atoms with Gasteiger partial charge in [0.1, 0.15) is 0 Å². The zero-order valence-electron chi connectivity index (χ0n) is 2.47. The van der Waals surface area contributed by atoms with Crippen molar-refractivity contribution in [1.29, 1.82) is 0 Å². The van der Waals surface area contributed by atoms with Crippen molar-refractivity contribution < 1.29 is 17.8 Å². The normalized spacial score (nSPS) is 6.00. The molecule has 0 saturated heterocycles. The Morgan fingerprint density at radius 2 is 1.00 bits per heavy atom. The van der Waals surface area contributed by atoms with Gasteiger partial charge in [-0.25, -0.2) is 0 Å². The van der Waals surface area contributed by atoms with Crippen LogP contribution in [-0.4, -0.2) is 0 Å². The molecule has 0 rings (SSSR count). The molecule has 0 N–H and O–H groups in total. The highest BCUT2D eigenvalue weighted by molar-refractivity contribution is 7.75. The molecule has 0 atom stereocenters. The first-order chi connectivity index (χ1) is 2.83. The fourth-order valence-corrected chi connectivity index (χ4v) is 0. The van der Waals surface area contributed by atoms with Gasteiger partial charge in [-0.3, -0.25) is 0 Å². The molecule has 0 radical (unpaired) electrons. The van der Waals surface area contributed by atoms with Gasteiger partial charge in [0.25, 0.3) is 0 Å². The molecule has 0 fully saturated rings. The van der Waals surface area contributed by atoms with Gasteiger partial charge < -0.3 is 0 Å². The predicted molar refractivity (Wildman–Crippen MR) is 22.4 cm³/mol. The third-order valence-electron chi connectivity index (χ3n) is 0. The largest absolute Gasteiger partial charge is 0.124 e. The molecule has 0 saturated carbocycles. The van der Waals surface area contributed by atoms with Crippen LogP contribution >= 0.6 is 25.8 Å². The van der Waals surface area contributed by atoms with Crippen LogP contribution in [0.5, 0.6) is 0 Å². The van der Waals surface area contributed by atoms with E-state index in [4.69, 9.17) is 0 Å². The van der Waals surface area contributed by atoms with E-state index in [1.807, 2.05) is 0 Å². The first kappa shape index (κ1) is 9.70. The van der Waals surface area contributed by atoms with E-state index < -0.39 is 0 Å². The van der Waals surface area contributed by atoms with Gasteiger partial charge in [-0.15, -0.1) is 8.78 Å². The van der Waals surface area contributed by atoms with Crippen molar-refractivity contribution in [3.63, 3.8) is 0 Å². The van der Waals surface area contributed by atoms with E-state index in [9.17, 15) is 9.05 Å². The summed E-state index contributed by atoms with van der Waals surface area (Å²) in [5, 5.41) is 0. The lowest BCUT2D eigenvalue weighted by Crippen LogP contribution is -1.22. The van der Waals surface area contributed by atoms with Crippen LogP contribution in [0.3, 0.4) is 0 Å². The third-order valence-corrected chi connectivity index (χ3v) is 0. The number of hydrogen-bond donors (Lipinski definition) is 2. The predicted octanol–water partition coefficient (Wildman–Crippen LogP) is 1.46. The second kappa shape index (κ2) is 17.9. The van der Waals surface area contributed by atoms with Gasteiger partial charge in [-0.2, -0.15) is 0 Å². The van der Waals surface area contributed by atoms with E-state index in [0.29, 0.717) is 0 Å². The molecule has 0 aromatic heterocycles. The molecule has 0 unspecified atom stereocenters. The van der Waals surface area contributed by atoms with Crippen molar-refractivity contribution >= 4 is 25.8 Å². The Bertz CT molecular complexity index is 11.5. The molecule has 6 heteroatoms. The first-order valence-corrected chi connectivity index (χ1v) is 1.40. The van der Waals surface area contributed by atoms with Crippen molar-refractivity contribution in [2.45, 2.75) is 0 Å². The van der Waals surface area contributed by atoms with Gasteiger partial charge in [0.2, 0.25) is 0 Å². The van der Waals surface area contributed by atoms with Crippen LogP contribution in [-0.2, 0) is 8.78 Å². The lowest BCUT2D eigenvalue weighted by Gasteiger charge is -1.48. The molecular weight excluding hydrogens is 134 g/mol. The third kappa shape index (κ3) is 235. The van der Waals surface area contributed by atoms with E-state index in [0.717, 1.165) is 0 Å². The number of thiol groups is 2. The summed E-state index contributed by atoms with van der Waals surface area (Å²) in [6.45, 7) is 0. The second-order valence-electron chi connectivity index (χ2n) is 0.138. The van der Waals surface area contributed by atoms with Crippen LogP contribution in [0.4, 0.5) is 9.05 Å². The first-order valence-electron chi connectivity index (χ1n) is 0.674. The van der Waals surface area contributed by atoms with Gasteiger partial charge >= 0.3 is 0 Å². The topological polar surface area (TPSA) is 18.5 Å². The van der Waals surface area contributed by atoms with Crippen LogP contribution < -0.4 is 0 Å². The highest BCUT2D eigenvalue weighted by Gasteiger charge is 1.35. The maximum atomic E-state index is 9.66. The van der Waals surface area contributed by atoms with Gasteiger partial charge in [0, 0.05) is 25.8 Å². The Hall–Kier alpha value is 0.480. The summed E-state index contributed by atoms with van der Waals surface area (Å²) in [7, 11) is 0. The Labute approximate surface area is 44.5 Å². The maximum Gasteiger partial charge on any atom is 0.0206 e. The zero-order valence-corrected chi connectivity index (χ0v) is 4.26. The van der Waals surface area contributed by atoms with E-state index in [1.54, 1.807) is 0 Å². The van der Waals surface area contributed by atoms with Crippen molar-refractivity contribution in [3.8, 4) is 0 Å². The lowest BCUT2D eigenvalue weighted by molar-refractivity contribution is 0.0275. The smallest absolute Gasteiger partial charge is 0.0206 e. The Morgan fingerprint density at radius 1 is 1.00 bits per heavy atom. The fourth-order valence-electron chi connectivity index (χ4n) is 0. The summed E-state index contributed by atoms with van der Waals surface area (Å²) in [5.74, 6) is 0. The van der Waals surface area contributed by atoms with Gasteiger partial charge in [-0.1, -0.05) is 0 Å². The Balaban J connectivity index is 0. The summed E-state index contributed by atoms with van der Waals surface area (Å²) >= 11 is 5.24. The SMILES string of the molecule is FOS.FOS. The number of halogens is 2. The molecule has 0 bridgehead atoms. The molecule has 6 heavy (non-hydrogen) atoms. The van der Waals surface area contributed by atoms with Crippen LogP contribution in [0, 0.1) is 0 Å². The second-order valence-corrected chi connectivity index (χ2v) is 0.414. The fraction of sp³-hybridized carbons (Fsp3) is 0. The molecule has 0 amide bonds. The standard InChI is InChI=1S/2FHOS/c2*1-2-3/h2*3H. The van der Waals surface area contributed by atoms with Crippen LogP contribution in [0.1, 0.15) is 0 Å². The molecular formula is H2F2O2S2. The van der Waals surface area contributed by atoms with E-state index in [1.165, 1.54) is 0 Å². The van der Waals surface area contributed by atoms with Crippen molar-refractivity contribution in [2.75, 3.05) is 0 Å². The molecule has 40 valence electrons. The molecule has 0 aliphatic heterocycles. The van der Waals surface area contributed by atoms with E-state index >= 15 is 0 Å². The Morgan fingerprint density at radius 3 is 1.00 bits per heavy atom. The quantitative estimate of drug-likeness (QED) is 0.388. The van der Waals surface area contributed by atoms with Crippen LogP contribution in [0.25, 0.3) is 0 Å². The van der Waals surface area contributed by atoms with Gasteiger partial charge in [-0.05, 0) is 9.05 Å². The summed E-state index contributed by atoms with van der Waals surface area (Å²) in [6.07, 6.45) is 0. The molecule has 2 nitrogen and oxygen atoms in total. The molecule has 0 aromatic rings. The zero-order chi connectivity index (χ0) is 5.41. The van der Waals surface area contributed by atoms with Crippen LogP contribution in [0.2, 0.25) is 0 Å². The summed E-state index contributed by atoms with van der Waals surface area (Å²) in [4.78, 5) is 0. The minimum Gasteiger partial charge on any atom is -0.124 e. The van der Waals surface area contributed by atoms with Crippen molar-refractivity contribution in [3.05, 3.63) is 0 Å². The molecule has 0 aromatic carbocycles. The van der Waals surface area contributed by atoms with Gasteiger partial charge in [0.05, 0.1) is 0 Å². The average Bonchev–Trinajstić information content (AvgIpc) is 1.39. The van der Waals surface area contributed by atoms with Crippen LogP contribution in [0.15, 0.2) is 0 Å². The summed E-state index contributed by atoms with van der Waals surface area (Å²) < 4.78 is 24.2. The molecule has 0 aliphatic carbocycles. The highest BCUT2D eigenvalue weighted by Crippen LogP contribution is 1.69. The number of hydrogen-bond acceptors (Lipinski definition) is 4. The minimum absolute atomic E-state index is 2.44. The van der Waals surface area contributed by atoms with E-state index in [2.05, 4.69) is 34.6 Å². The van der Waals surface area contributed by atoms with E-state index in [-0.39, 0.29) is 0 Å². The minimum atomic E-state index is 2.44. The average molecular weight is 136 g/mol. The molecule has 0 spiro atoms. The van der Waals surface area contributed by atoms with Crippen molar-refractivity contribution in [1.82, 2.24) is 0 Å². The van der Waals surface area contributed by atoms with Crippen molar-refractivity contribution in [2.24, 2.45) is 0 Å². The number of rotatable bonds is 0. The van der Waals surface area contributed by atoms with Gasteiger partial charge in [0.15, 0.2) is 0 Å². The lowest BCUT2D eigenvalue weighted by atomic mass is 15.6. The summed E-state index contributed by atoms with van der Waals surface area (Å²) in [6, 6.07) is 0. The highest BCUT2D eigenvalue weighted by atomic mass is 32.1. The molecule has 0 heterocycles. The molecule has 0 aliphatic rings. The summed E-state index contributed by atoms with van der Waals surface area (Å²) in [5.41, 5.74) is 0. The monoisotopic (exact) mass is 136 g/mol. The Kier molecular flexibility index (Phi) is 28.9.